The highest BCUT2D eigenvalue weighted by Crippen LogP contribution is 2.25. The first kappa shape index (κ1) is 14.0. The van der Waals surface area contributed by atoms with Gasteiger partial charge in [-0.25, -0.2) is 9.97 Å². The summed E-state index contributed by atoms with van der Waals surface area (Å²) in [6.45, 7) is 6.57. The van der Waals surface area contributed by atoms with Crippen LogP contribution in [0.2, 0.25) is 5.15 Å². The van der Waals surface area contributed by atoms with E-state index in [4.69, 9.17) is 11.6 Å². The van der Waals surface area contributed by atoms with Gasteiger partial charge in [0.05, 0.1) is 5.69 Å². The van der Waals surface area contributed by atoms with Gasteiger partial charge in [-0.3, -0.25) is 0 Å². The maximum absolute atomic E-state index is 6.13. The normalized spacial score (nSPS) is 12.7. The Morgan fingerprint density at radius 3 is 2.37 bits per heavy atom. The van der Waals surface area contributed by atoms with E-state index >= 15 is 0 Å². The van der Waals surface area contributed by atoms with Gasteiger partial charge in [-0.1, -0.05) is 62.7 Å². The van der Waals surface area contributed by atoms with Crippen LogP contribution in [-0.4, -0.2) is 9.97 Å². The van der Waals surface area contributed by atoms with E-state index in [9.17, 15) is 0 Å². The van der Waals surface area contributed by atoms with Crippen molar-refractivity contribution in [1.29, 1.82) is 0 Å². The molecule has 3 heteroatoms. The second-order valence-corrected chi connectivity index (χ2v) is 5.72. The molecule has 0 radical (unpaired) electrons. The van der Waals surface area contributed by atoms with Crippen LogP contribution in [-0.2, 0) is 0 Å². The van der Waals surface area contributed by atoms with Gasteiger partial charge in [-0.05, 0) is 12.3 Å². The highest BCUT2D eigenvalue weighted by atomic mass is 35.5. The summed E-state index contributed by atoms with van der Waals surface area (Å²) in [6.07, 6.45) is 1.06. The van der Waals surface area contributed by atoms with Crippen molar-refractivity contribution in [2.75, 3.05) is 0 Å². The van der Waals surface area contributed by atoms with Crippen molar-refractivity contribution in [2.24, 2.45) is 5.92 Å². The number of nitrogens with zero attached hydrogens (tertiary/aromatic N) is 2. The Labute approximate surface area is 119 Å². The maximum atomic E-state index is 6.13. The minimum absolute atomic E-state index is 0.321. The van der Waals surface area contributed by atoms with Gasteiger partial charge in [0.15, 0.2) is 0 Å². The number of hydrogen-bond acceptors (Lipinski definition) is 2. The Morgan fingerprint density at radius 1 is 1.05 bits per heavy atom. The Bertz CT molecular complexity index is 538. The van der Waals surface area contributed by atoms with Gasteiger partial charge in [-0.15, -0.1) is 0 Å². The summed E-state index contributed by atoms with van der Waals surface area (Å²) in [7, 11) is 0. The molecule has 1 aromatic carbocycles. The molecule has 2 rings (SSSR count). The van der Waals surface area contributed by atoms with Gasteiger partial charge in [0, 0.05) is 17.5 Å². The van der Waals surface area contributed by atoms with Crippen LogP contribution in [0, 0.1) is 5.92 Å². The predicted octanol–water partition coefficient (Wildman–Crippen LogP) is 4.95. The number of benzene rings is 1. The largest absolute Gasteiger partial charge is 0.233 e. The molecule has 0 saturated carbocycles. The summed E-state index contributed by atoms with van der Waals surface area (Å²) in [5, 5.41) is 0.513. The summed E-state index contributed by atoms with van der Waals surface area (Å²) < 4.78 is 0. The molecule has 1 heterocycles. The van der Waals surface area contributed by atoms with E-state index in [0.717, 1.165) is 23.5 Å². The minimum Gasteiger partial charge on any atom is -0.233 e. The fraction of sp³-hybridized carbons (Fsp3) is 0.375. The zero-order valence-corrected chi connectivity index (χ0v) is 12.4. The first-order valence-electron chi connectivity index (χ1n) is 6.66. The molecule has 100 valence electrons. The van der Waals surface area contributed by atoms with Gasteiger partial charge < -0.3 is 0 Å². The Hall–Kier alpha value is -1.41. The van der Waals surface area contributed by atoms with Crippen LogP contribution in [0.3, 0.4) is 0 Å². The monoisotopic (exact) mass is 274 g/mol. The standard InChI is InChI=1S/C16H19ClN2/c1-11(2)9-12(3)16-18-14(10-15(17)19-16)13-7-5-4-6-8-13/h4-8,10-12H,9H2,1-3H3. The molecule has 19 heavy (non-hydrogen) atoms. The van der Waals surface area contributed by atoms with Crippen molar-refractivity contribution in [3.05, 3.63) is 47.4 Å². The topological polar surface area (TPSA) is 25.8 Å². The fourth-order valence-corrected chi connectivity index (χ4v) is 2.41. The van der Waals surface area contributed by atoms with E-state index in [0.29, 0.717) is 17.0 Å². The molecular formula is C16H19ClN2. The fourth-order valence-electron chi connectivity index (χ4n) is 2.22. The van der Waals surface area contributed by atoms with Crippen molar-refractivity contribution in [3.63, 3.8) is 0 Å². The first-order chi connectivity index (χ1) is 9.06. The lowest BCUT2D eigenvalue weighted by molar-refractivity contribution is 0.507. The Morgan fingerprint density at radius 2 is 1.74 bits per heavy atom. The summed E-state index contributed by atoms with van der Waals surface area (Å²) in [4.78, 5) is 9.03. The summed E-state index contributed by atoms with van der Waals surface area (Å²) in [5.41, 5.74) is 1.97. The number of aromatic nitrogens is 2. The van der Waals surface area contributed by atoms with Crippen LogP contribution < -0.4 is 0 Å². The van der Waals surface area contributed by atoms with Crippen molar-refractivity contribution in [1.82, 2.24) is 9.97 Å². The van der Waals surface area contributed by atoms with Gasteiger partial charge in [-0.2, -0.15) is 0 Å². The molecule has 0 amide bonds. The average molecular weight is 275 g/mol. The second kappa shape index (κ2) is 6.16. The molecule has 1 aromatic heterocycles. The SMILES string of the molecule is CC(C)CC(C)c1nc(Cl)cc(-c2ccccc2)n1. The van der Waals surface area contributed by atoms with Crippen molar-refractivity contribution in [3.8, 4) is 11.3 Å². The molecule has 0 spiro atoms. The van der Waals surface area contributed by atoms with Crippen LogP contribution in [0.1, 0.15) is 38.9 Å². The van der Waals surface area contributed by atoms with Gasteiger partial charge in [0.1, 0.15) is 11.0 Å². The summed E-state index contributed by atoms with van der Waals surface area (Å²) in [6, 6.07) is 11.9. The van der Waals surface area contributed by atoms with E-state index in [-0.39, 0.29) is 0 Å². The molecular weight excluding hydrogens is 256 g/mol. The molecule has 0 saturated heterocycles. The van der Waals surface area contributed by atoms with E-state index < -0.39 is 0 Å². The van der Waals surface area contributed by atoms with Crippen LogP contribution in [0.25, 0.3) is 11.3 Å². The smallest absolute Gasteiger partial charge is 0.133 e. The van der Waals surface area contributed by atoms with Crippen molar-refractivity contribution in [2.45, 2.75) is 33.1 Å². The van der Waals surface area contributed by atoms with Gasteiger partial charge >= 0.3 is 0 Å². The molecule has 1 atom stereocenters. The Balaban J connectivity index is 2.35. The molecule has 2 aromatic rings. The molecule has 0 fully saturated rings. The number of rotatable bonds is 4. The zero-order chi connectivity index (χ0) is 13.8. The molecule has 1 unspecified atom stereocenters. The van der Waals surface area contributed by atoms with E-state index in [2.05, 4.69) is 30.7 Å². The third-order valence-corrected chi connectivity index (χ3v) is 3.24. The van der Waals surface area contributed by atoms with E-state index in [1.807, 2.05) is 36.4 Å². The average Bonchev–Trinajstić information content (AvgIpc) is 2.38. The predicted molar refractivity (Wildman–Crippen MR) is 80.3 cm³/mol. The summed E-state index contributed by atoms with van der Waals surface area (Å²) in [5.74, 6) is 1.78. The number of halogens is 1. The van der Waals surface area contributed by atoms with Crippen LogP contribution in [0.4, 0.5) is 0 Å². The van der Waals surface area contributed by atoms with E-state index in [1.165, 1.54) is 0 Å². The Kier molecular flexibility index (Phi) is 4.54. The van der Waals surface area contributed by atoms with Crippen molar-refractivity contribution < 1.29 is 0 Å². The minimum atomic E-state index is 0.321. The van der Waals surface area contributed by atoms with Crippen molar-refractivity contribution >= 4 is 11.6 Å². The van der Waals surface area contributed by atoms with Crippen LogP contribution in [0.5, 0.6) is 0 Å². The van der Waals surface area contributed by atoms with E-state index in [1.54, 1.807) is 0 Å². The molecule has 0 bridgehead atoms. The molecule has 2 nitrogen and oxygen atoms in total. The zero-order valence-electron chi connectivity index (χ0n) is 11.6. The highest BCUT2D eigenvalue weighted by Gasteiger charge is 2.13. The second-order valence-electron chi connectivity index (χ2n) is 5.33. The lowest BCUT2D eigenvalue weighted by Crippen LogP contribution is -2.05. The molecule has 0 aliphatic carbocycles. The quantitative estimate of drug-likeness (QED) is 0.738. The molecule has 0 aliphatic heterocycles. The van der Waals surface area contributed by atoms with Crippen LogP contribution >= 0.6 is 11.6 Å². The number of hydrogen-bond donors (Lipinski definition) is 0. The third kappa shape index (κ3) is 3.77. The lowest BCUT2D eigenvalue weighted by atomic mass is 9.98. The molecule has 0 aliphatic rings. The van der Waals surface area contributed by atoms with Crippen LogP contribution in [0.15, 0.2) is 36.4 Å². The van der Waals surface area contributed by atoms with Gasteiger partial charge in [0.2, 0.25) is 0 Å². The third-order valence-electron chi connectivity index (χ3n) is 3.05. The summed E-state index contributed by atoms with van der Waals surface area (Å²) >= 11 is 6.13. The molecule has 0 N–H and O–H groups in total. The van der Waals surface area contributed by atoms with Gasteiger partial charge in [0.25, 0.3) is 0 Å². The lowest BCUT2D eigenvalue weighted by Gasteiger charge is -2.14. The maximum Gasteiger partial charge on any atom is 0.133 e. The highest BCUT2D eigenvalue weighted by molar-refractivity contribution is 6.29. The first-order valence-corrected chi connectivity index (χ1v) is 7.04.